The van der Waals surface area contributed by atoms with Gasteiger partial charge in [-0.3, -0.25) is 4.79 Å². The molecule has 0 N–H and O–H groups in total. The summed E-state index contributed by atoms with van der Waals surface area (Å²) in [7, 11) is 0. The van der Waals surface area contributed by atoms with Gasteiger partial charge in [0.25, 0.3) is 5.91 Å². The first-order chi connectivity index (χ1) is 12.4. The number of rotatable bonds is 3. The molecule has 0 saturated carbocycles. The Labute approximate surface area is 147 Å². The van der Waals surface area contributed by atoms with Crippen molar-refractivity contribution in [2.75, 3.05) is 6.61 Å². The minimum Gasteiger partial charge on any atom is -0.446 e. The molecule has 0 aliphatic carbocycles. The van der Waals surface area contributed by atoms with Crippen LogP contribution in [-0.4, -0.2) is 23.5 Å². The van der Waals surface area contributed by atoms with Gasteiger partial charge in [0, 0.05) is 6.08 Å². The van der Waals surface area contributed by atoms with E-state index in [0.29, 0.717) is 5.56 Å². The highest BCUT2D eigenvalue weighted by atomic mass is 19.4. The predicted molar refractivity (Wildman–Crippen MR) is 87.9 cm³/mol. The van der Waals surface area contributed by atoms with E-state index in [2.05, 4.69) is 0 Å². The summed E-state index contributed by atoms with van der Waals surface area (Å²) in [6.07, 6.45) is -2.66. The van der Waals surface area contributed by atoms with Gasteiger partial charge in [-0.1, -0.05) is 42.5 Å². The summed E-state index contributed by atoms with van der Waals surface area (Å²) in [6.45, 7) is 0.0582. The van der Waals surface area contributed by atoms with Crippen molar-refractivity contribution in [2.24, 2.45) is 0 Å². The van der Waals surface area contributed by atoms with Crippen LogP contribution < -0.4 is 0 Å². The van der Waals surface area contributed by atoms with E-state index in [1.54, 1.807) is 24.3 Å². The van der Waals surface area contributed by atoms with Gasteiger partial charge in [-0.05, 0) is 29.3 Å². The lowest BCUT2D eigenvalue weighted by molar-refractivity contribution is -0.137. The topological polar surface area (TPSA) is 46.6 Å². The van der Waals surface area contributed by atoms with Gasteiger partial charge in [0.1, 0.15) is 12.6 Å². The second-order valence-corrected chi connectivity index (χ2v) is 5.66. The molecule has 4 nitrogen and oxygen atoms in total. The smallest absolute Gasteiger partial charge is 0.417 e. The van der Waals surface area contributed by atoms with Crippen molar-refractivity contribution >= 4 is 18.1 Å². The molecule has 1 fully saturated rings. The largest absolute Gasteiger partial charge is 0.446 e. The van der Waals surface area contributed by atoms with Gasteiger partial charge in [-0.2, -0.15) is 13.2 Å². The molecule has 2 amide bonds. The van der Waals surface area contributed by atoms with Crippen molar-refractivity contribution < 1.29 is 27.5 Å². The average Bonchev–Trinajstić information content (AvgIpc) is 3.02. The number of benzene rings is 2. The highest BCUT2D eigenvalue weighted by Crippen LogP contribution is 2.30. The molecule has 134 valence electrons. The number of hydrogen-bond donors (Lipinski definition) is 0. The van der Waals surface area contributed by atoms with E-state index in [4.69, 9.17) is 4.74 Å². The molecular formula is C19H14F3NO3. The van der Waals surface area contributed by atoms with Crippen LogP contribution >= 0.6 is 0 Å². The monoisotopic (exact) mass is 361 g/mol. The van der Waals surface area contributed by atoms with Crippen molar-refractivity contribution in [3.8, 4) is 0 Å². The Morgan fingerprint density at radius 1 is 1.08 bits per heavy atom. The fourth-order valence-corrected chi connectivity index (χ4v) is 2.62. The molecule has 1 atom stereocenters. The van der Waals surface area contributed by atoms with E-state index >= 15 is 0 Å². The van der Waals surface area contributed by atoms with Gasteiger partial charge in [0.2, 0.25) is 0 Å². The van der Waals surface area contributed by atoms with Crippen LogP contribution in [0.25, 0.3) is 6.08 Å². The summed E-state index contributed by atoms with van der Waals surface area (Å²) in [5.41, 5.74) is 0.401. The van der Waals surface area contributed by atoms with E-state index in [0.717, 1.165) is 28.7 Å². The Kier molecular flexibility index (Phi) is 4.79. The maximum absolute atomic E-state index is 12.6. The summed E-state index contributed by atoms with van der Waals surface area (Å²) in [4.78, 5) is 25.3. The molecule has 7 heteroatoms. The zero-order valence-electron chi connectivity index (χ0n) is 13.4. The molecule has 3 rings (SSSR count). The Balaban J connectivity index is 1.75. The first kappa shape index (κ1) is 17.7. The number of carbonyl (C=O) groups is 2. The summed E-state index contributed by atoms with van der Waals surface area (Å²) < 4.78 is 42.6. The van der Waals surface area contributed by atoms with Gasteiger partial charge < -0.3 is 4.74 Å². The molecule has 2 aromatic rings. The van der Waals surface area contributed by atoms with Crippen molar-refractivity contribution in [3.63, 3.8) is 0 Å². The van der Waals surface area contributed by atoms with Gasteiger partial charge in [0.15, 0.2) is 0 Å². The van der Waals surface area contributed by atoms with Gasteiger partial charge in [-0.25, -0.2) is 9.69 Å². The summed E-state index contributed by atoms with van der Waals surface area (Å²) in [5.74, 6) is -0.596. The first-order valence-electron chi connectivity index (χ1n) is 7.76. The normalized spacial score (nSPS) is 17.6. The molecule has 0 radical (unpaired) electrons. The number of carbonyl (C=O) groups excluding carboxylic acids is 2. The van der Waals surface area contributed by atoms with Gasteiger partial charge in [-0.15, -0.1) is 0 Å². The molecule has 1 saturated heterocycles. The van der Waals surface area contributed by atoms with Crippen LogP contribution in [0, 0.1) is 0 Å². The number of imide groups is 1. The molecule has 0 aromatic heterocycles. The minimum absolute atomic E-state index is 0.0582. The highest BCUT2D eigenvalue weighted by Gasteiger charge is 2.37. The van der Waals surface area contributed by atoms with E-state index in [9.17, 15) is 22.8 Å². The van der Waals surface area contributed by atoms with E-state index in [1.807, 2.05) is 6.07 Å². The Hall–Kier alpha value is -3.09. The highest BCUT2D eigenvalue weighted by molar-refractivity contribution is 6.02. The SMILES string of the molecule is O=C(C=Cc1ccc(C(F)(F)F)cc1)N1C(=O)OCC1c1ccccc1. The molecule has 1 aliphatic rings. The molecular weight excluding hydrogens is 347 g/mol. The van der Waals surface area contributed by atoms with E-state index < -0.39 is 29.8 Å². The quantitative estimate of drug-likeness (QED) is 0.760. The molecule has 26 heavy (non-hydrogen) atoms. The van der Waals surface area contributed by atoms with Crippen LogP contribution in [0.5, 0.6) is 0 Å². The lowest BCUT2D eigenvalue weighted by atomic mass is 10.1. The van der Waals surface area contributed by atoms with Crippen LogP contribution in [0.3, 0.4) is 0 Å². The molecule has 1 heterocycles. The summed E-state index contributed by atoms with van der Waals surface area (Å²) in [6, 6.07) is 12.8. The van der Waals surface area contributed by atoms with Crippen molar-refractivity contribution in [3.05, 3.63) is 77.4 Å². The van der Waals surface area contributed by atoms with Crippen LogP contribution in [0.1, 0.15) is 22.7 Å². The number of halogens is 3. The van der Waals surface area contributed by atoms with Gasteiger partial charge >= 0.3 is 12.3 Å². The first-order valence-corrected chi connectivity index (χ1v) is 7.76. The standard InChI is InChI=1S/C19H14F3NO3/c20-19(21,22)15-9-6-13(7-10-15)8-11-17(24)23-16(12-26-18(23)25)14-4-2-1-3-5-14/h1-11,16H,12H2. The third-order valence-corrected chi connectivity index (χ3v) is 3.95. The van der Waals surface area contributed by atoms with Crippen LogP contribution in [0.15, 0.2) is 60.7 Å². The second kappa shape index (κ2) is 7.03. The number of nitrogens with zero attached hydrogens (tertiary/aromatic N) is 1. The number of amides is 2. The fourth-order valence-electron chi connectivity index (χ4n) is 2.62. The molecule has 0 spiro atoms. The van der Waals surface area contributed by atoms with E-state index in [1.165, 1.54) is 18.2 Å². The maximum atomic E-state index is 12.6. The summed E-state index contributed by atoms with van der Waals surface area (Å²) >= 11 is 0. The van der Waals surface area contributed by atoms with Crippen LogP contribution in [0.2, 0.25) is 0 Å². The van der Waals surface area contributed by atoms with Crippen molar-refractivity contribution in [2.45, 2.75) is 12.2 Å². The Morgan fingerprint density at radius 2 is 1.73 bits per heavy atom. The van der Waals surface area contributed by atoms with Gasteiger partial charge in [0.05, 0.1) is 5.56 Å². The average molecular weight is 361 g/mol. The summed E-state index contributed by atoms with van der Waals surface area (Å²) in [5, 5.41) is 0. The lowest BCUT2D eigenvalue weighted by Gasteiger charge is -2.18. The fraction of sp³-hybridized carbons (Fsp3) is 0.158. The number of alkyl halides is 3. The van der Waals surface area contributed by atoms with Crippen LogP contribution in [-0.2, 0) is 15.7 Å². The third kappa shape index (κ3) is 3.77. The van der Waals surface area contributed by atoms with Crippen molar-refractivity contribution in [1.82, 2.24) is 4.90 Å². The number of ether oxygens (including phenoxy) is 1. The Bertz CT molecular complexity index is 829. The Morgan fingerprint density at radius 3 is 2.35 bits per heavy atom. The minimum atomic E-state index is -4.42. The molecule has 0 bridgehead atoms. The lowest BCUT2D eigenvalue weighted by Crippen LogP contribution is -2.32. The second-order valence-electron chi connectivity index (χ2n) is 5.66. The number of hydrogen-bond acceptors (Lipinski definition) is 3. The van der Waals surface area contributed by atoms with Crippen LogP contribution in [0.4, 0.5) is 18.0 Å². The van der Waals surface area contributed by atoms with Crippen molar-refractivity contribution in [1.29, 1.82) is 0 Å². The third-order valence-electron chi connectivity index (χ3n) is 3.95. The zero-order valence-corrected chi connectivity index (χ0v) is 13.4. The molecule has 2 aromatic carbocycles. The van der Waals surface area contributed by atoms with E-state index in [-0.39, 0.29) is 6.61 Å². The molecule has 1 unspecified atom stereocenters. The maximum Gasteiger partial charge on any atom is 0.417 e. The predicted octanol–water partition coefficient (Wildman–Crippen LogP) is 4.44. The molecule has 1 aliphatic heterocycles. The number of cyclic esters (lactones) is 1. The zero-order chi connectivity index (χ0) is 18.7.